The van der Waals surface area contributed by atoms with Crippen LogP contribution in [-0.4, -0.2) is 45.9 Å². The normalized spacial score (nSPS) is 11.9. The summed E-state index contributed by atoms with van der Waals surface area (Å²) in [5.74, 6) is 2.56. The third kappa shape index (κ3) is 4.37. The van der Waals surface area contributed by atoms with Gasteiger partial charge in [-0.2, -0.15) is 5.10 Å². The number of carbonyl (C=O) groups is 1. The van der Waals surface area contributed by atoms with E-state index >= 15 is 0 Å². The first-order valence-electron chi connectivity index (χ1n) is 9.14. The summed E-state index contributed by atoms with van der Waals surface area (Å²) in [6.07, 6.45) is 0. The second-order valence-corrected chi connectivity index (χ2v) is 6.49. The van der Waals surface area contributed by atoms with Crippen molar-refractivity contribution in [1.29, 1.82) is 0 Å². The van der Waals surface area contributed by atoms with Gasteiger partial charge in [0.1, 0.15) is 5.82 Å². The van der Waals surface area contributed by atoms with Crippen LogP contribution in [0, 0.1) is 13.8 Å². The summed E-state index contributed by atoms with van der Waals surface area (Å²) < 4.78 is 12.3. The Hall–Kier alpha value is -3.82. The van der Waals surface area contributed by atoms with E-state index in [1.54, 1.807) is 22.9 Å². The average Bonchev–Trinajstić information content (AvgIpc) is 3.31. The second kappa shape index (κ2) is 8.05. The minimum atomic E-state index is -0.309. The van der Waals surface area contributed by atoms with Gasteiger partial charge in [0.05, 0.1) is 5.69 Å². The molecule has 0 bridgehead atoms. The number of carbonyl (C=O) groups excluding carboxylic acids is 1. The van der Waals surface area contributed by atoms with Crippen LogP contribution < -0.4 is 25.4 Å². The molecule has 10 heteroatoms. The lowest BCUT2D eigenvalue weighted by Crippen LogP contribution is -2.32. The Morgan fingerprint density at radius 3 is 2.69 bits per heavy atom. The molecular weight excluding hydrogens is 374 g/mol. The van der Waals surface area contributed by atoms with E-state index in [-0.39, 0.29) is 12.8 Å². The van der Waals surface area contributed by atoms with Gasteiger partial charge in [0, 0.05) is 30.5 Å². The fourth-order valence-electron chi connectivity index (χ4n) is 2.91. The van der Waals surface area contributed by atoms with Gasteiger partial charge >= 0.3 is 6.03 Å². The minimum absolute atomic E-state index is 0.196. The molecule has 1 aliphatic heterocycles. The molecule has 150 valence electrons. The molecule has 2 aromatic heterocycles. The Kier molecular flexibility index (Phi) is 5.14. The maximum atomic E-state index is 12.0. The summed E-state index contributed by atoms with van der Waals surface area (Å²) >= 11 is 0. The van der Waals surface area contributed by atoms with Gasteiger partial charge < -0.3 is 25.4 Å². The number of hydrogen-bond acceptors (Lipinski definition) is 7. The number of nitrogens with one attached hydrogen (secondary N) is 3. The monoisotopic (exact) mass is 395 g/mol. The quantitative estimate of drug-likeness (QED) is 0.548. The van der Waals surface area contributed by atoms with Crippen molar-refractivity contribution < 1.29 is 14.3 Å². The molecule has 0 atom stereocenters. The van der Waals surface area contributed by atoms with Crippen molar-refractivity contribution in [2.24, 2.45) is 0 Å². The van der Waals surface area contributed by atoms with Gasteiger partial charge in [-0.1, -0.05) is 0 Å². The zero-order valence-corrected chi connectivity index (χ0v) is 16.1. The molecule has 4 rings (SSSR count). The lowest BCUT2D eigenvalue weighted by atomic mass is 10.3. The molecule has 2 amide bonds. The first kappa shape index (κ1) is 18.5. The first-order chi connectivity index (χ1) is 14.1. The molecule has 3 aromatic rings. The second-order valence-electron chi connectivity index (χ2n) is 6.49. The lowest BCUT2D eigenvalue weighted by Gasteiger charge is -2.09. The van der Waals surface area contributed by atoms with Crippen molar-refractivity contribution in [1.82, 2.24) is 25.3 Å². The highest BCUT2D eigenvalue weighted by atomic mass is 16.7. The zero-order valence-electron chi connectivity index (χ0n) is 16.1. The number of aryl methyl sites for hydroxylation is 2. The maximum Gasteiger partial charge on any atom is 0.319 e. The van der Waals surface area contributed by atoms with E-state index < -0.39 is 0 Å². The van der Waals surface area contributed by atoms with E-state index in [9.17, 15) is 4.79 Å². The smallest absolute Gasteiger partial charge is 0.319 e. The molecule has 3 heterocycles. The fraction of sp³-hybridized carbons (Fsp3) is 0.263. The number of urea groups is 1. The van der Waals surface area contributed by atoms with Crippen molar-refractivity contribution in [3.63, 3.8) is 0 Å². The van der Waals surface area contributed by atoms with Gasteiger partial charge in [0.15, 0.2) is 17.3 Å². The van der Waals surface area contributed by atoms with Gasteiger partial charge in [0.2, 0.25) is 6.79 Å². The van der Waals surface area contributed by atoms with Crippen molar-refractivity contribution in [2.45, 2.75) is 13.8 Å². The number of hydrogen-bond donors (Lipinski definition) is 3. The highest BCUT2D eigenvalue weighted by Crippen LogP contribution is 2.34. The number of ether oxygens (including phenoxy) is 2. The van der Waals surface area contributed by atoms with Crippen LogP contribution >= 0.6 is 0 Å². The summed E-state index contributed by atoms with van der Waals surface area (Å²) in [4.78, 5) is 12.0. The minimum Gasteiger partial charge on any atom is -0.454 e. The van der Waals surface area contributed by atoms with Crippen molar-refractivity contribution in [2.75, 3.05) is 30.5 Å². The number of fused-ring (bicyclic) bond motifs is 1. The van der Waals surface area contributed by atoms with E-state index in [2.05, 4.69) is 31.2 Å². The van der Waals surface area contributed by atoms with Crippen molar-refractivity contribution in [3.8, 4) is 17.3 Å². The molecule has 29 heavy (non-hydrogen) atoms. The van der Waals surface area contributed by atoms with Crippen LogP contribution in [0.25, 0.3) is 5.82 Å². The largest absolute Gasteiger partial charge is 0.454 e. The highest BCUT2D eigenvalue weighted by Gasteiger charge is 2.14. The van der Waals surface area contributed by atoms with Gasteiger partial charge in [-0.25, -0.2) is 9.48 Å². The van der Waals surface area contributed by atoms with E-state index in [4.69, 9.17) is 9.47 Å². The summed E-state index contributed by atoms with van der Waals surface area (Å²) in [6, 6.07) is 10.6. The number of amides is 2. The molecule has 0 aliphatic carbocycles. The predicted octanol–water partition coefficient (Wildman–Crippen LogP) is 2.24. The number of rotatable bonds is 6. The van der Waals surface area contributed by atoms with Gasteiger partial charge in [-0.05, 0) is 44.2 Å². The SMILES string of the molecule is Cc1cc(C)n(-c2ccc(NCCNC(=O)Nc3ccc4c(c3)OCO4)nn2)n1. The summed E-state index contributed by atoms with van der Waals surface area (Å²) in [5, 5.41) is 21.4. The first-order valence-corrected chi connectivity index (χ1v) is 9.14. The van der Waals surface area contributed by atoms with E-state index in [1.807, 2.05) is 32.0 Å². The molecule has 0 radical (unpaired) electrons. The Labute approximate surface area is 167 Å². The van der Waals surface area contributed by atoms with Gasteiger partial charge in [-0.15, -0.1) is 10.2 Å². The van der Waals surface area contributed by atoms with Crippen LogP contribution in [0.4, 0.5) is 16.3 Å². The summed E-state index contributed by atoms with van der Waals surface area (Å²) in [7, 11) is 0. The number of anilines is 2. The lowest BCUT2D eigenvalue weighted by molar-refractivity contribution is 0.174. The van der Waals surface area contributed by atoms with E-state index in [0.717, 1.165) is 11.4 Å². The van der Waals surface area contributed by atoms with Crippen LogP contribution in [-0.2, 0) is 0 Å². The number of nitrogens with zero attached hydrogens (tertiary/aromatic N) is 4. The molecule has 10 nitrogen and oxygen atoms in total. The summed E-state index contributed by atoms with van der Waals surface area (Å²) in [5.41, 5.74) is 2.55. The molecule has 0 unspecified atom stereocenters. The number of benzene rings is 1. The van der Waals surface area contributed by atoms with Crippen molar-refractivity contribution in [3.05, 3.63) is 47.8 Å². The highest BCUT2D eigenvalue weighted by molar-refractivity contribution is 5.89. The van der Waals surface area contributed by atoms with E-state index in [1.165, 1.54) is 0 Å². The summed E-state index contributed by atoms with van der Waals surface area (Å²) in [6.45, 7) is 5.01. The van der Waals surface area contributed by atoms with Gasteiger partial charge in [0.25, 0.3) is 0 Å². The fourth-order valence-corrected chi connectivity index (χ4v) is 2.91. The van der Waals surface area contributed by atoms with Crippen LogP contribution in [0.2, 0.25) is 0 Å². The van der Waals surface area contributed by atoms with Crippen molar-refractivity contribution >= 4 is 17.5 Å². The molecule has 0 saturated heterocycles. The maximum absolute atomic E-state index is 12.0. The molecule has 3 N–H and O–H groups in total. The third-order valence-electron chi connectivity index (χ3n) is 4.22. The average molecular weight is 395 g/mol. The Morgan fingerprint density at radius 2 is 1.93 bits per heavy atom. The molecule has 1 aromatic carbocycles. The standard InChI is InChI=1S/C19H21N7O3/c1-12-9-13(2)26(25-12)18-6-5-17(23-24-18)20-7-8-21-19(27)22-14-3-4-15-16(10-14)29-11-28-15/h3-6,9-10H,7-8,11H2,1-2H3,(H,20,23)(H2,21,22,27). The number of aromatic nitrogens is 4. The third-order valence-corrected chi connectivity index (χ3v) is 4.22. The topological polar surface area (TPSA) is 115 Å². The van der Waals surface area contributed by atoms with Gasteiger partial charge in [-0.3, -0.25) is 0 Å². The molecular formula is C19H21N7O3. The molecule has 0 saturated carbocycles. The zero-order chi connectivity index (χ0) is 20.2. The van der Waals surface area contributed by atoms with E-state index in [0.29, 0.717) is 41.9 Å². The predicted molar refractivity (Wildman–Crippen MR) is 107 cm³/mol. The Balaban J connectivity index is 1.22. The van der Waals surface area contributed by atoms with Crippen LogP contribution in [0.1, 0.15) is 11.4 Å². The molecule has 0 fully saturated rings. The van der Waals surface area contributed by atoms with Crippen LogP contribution in [0.15, 0.2) is 36.4 Å². The Morgan fingerprint density at radius 1 is 1.07 bits per heavy atom. The Bertz CT molecular complexity index is 1020. The van der Waals surface area contributed by atoms with Crippen LogP contribution in [0.3, 0.4) is 0 Å². The molecule has 0 spiro atoms. The molecule has 1 aliphatic rings. The van der Waals surface area contributed by atoms with Crippen LogP contribution in [0.5, 0.6) is 11.5 Å².